The van der Waals surface area contributed by atoms with E-state index in [1.807, 2.05) is 83.2 Å². The zero-order chi connectivity index (χ0) is 27.6. The Morgan fingerprint density at radius 1 is 0.872 bits per heavy atom. The Bertz CT molecular complexity index is 1330. The molecule has 0 radical (unpaired) electrons. The molecule has 2 amide bonds. The van der Waals surface area contributed by atoms with Crippen molar-refractivity contribution < 1.29 is 14.3 Å². The van der Waals surface area contributed by atoms with Gasteiger partial charge in [0.1, 0.15) is 5.75 Å². The van der Waals surface area contributed by atoms with Crippen LogP contribution >= 0.6 is 11.3 Å². The first-order valence-corrected chi connectivity index (χ1v) is 14.2. The zero-order valence-electron chi connectivity index (χ0n) is 23.0. The number of thiophene rings is 1. The average molecular weight is 544 g/mol. The van der Waals surface area contributed by atoms with E-state index in [9.17, 15) is 9.59 Å². The fraction of sp³-hybridized carbons (Fsp3) is 0.312. The van der Waals surface area contributed by atoms with Crippen LogP contribution in [0.2, 0.25) is 0 Å². The van der Waals surface area contributed by atoms with E-state index in [0.717, 1.165) is 27.4 Å². The summed E-state index contributed by atoms with van der Waals surface area (Å²) in [6.45, 7) is 6.34. The quantitative estimate of drug-likeness (QED) is 0.212. The van der Waals surface area contributed by atoms with Crippen molar-refractivity contribution in [1.82, 2.24) is 14.4 Å². The summed E-state index contributed by atoms with van der Waals surface area (Å²) in [5.41, 5.74) is 3.20. The standard InChI is InChI=1S/C32H37N3O3S/c1-25(2)20-34(31(36)19-30-15-9-17-39-30)24-32(37)35(21-26-10-5-4-6-11-26)23-28-13-8-16-33(28)22-27-12-7-14-29(18-27)38-3/h4-18,25H,19-24H2,1-3H3. The molecule has 39 heavy (non-hydrogen) atoms. The van der Waals surface area contributed by atoms with Gasteiger partial charge in [0.25, 0.3) is 0 Å². The molecule has 2 aromatic heterocycles. The van der Waals surface area contributed by atoms with Crippen molar-refractivity contribution in [1.29, 1.82) is 0 Å². The van der Waals surface area contributed by atoms with Crippen molar-refractivity contribution in [3.63, 3.8) is 0 Å². The zero-order valence-corrected chi connectivity index (χ0v) is 23.8. The van der Waals surface area contributed by atoms with Crippen molar-refractivity contribution in [3.8, 4) is 5.75 Å². The molecule has 2 aromatic carbocycles. The maximum absolute atomic E-state index is 13.8. The fourth-order valence-electron chi connectivity index (χ4n) is 4.58. The van der Waals surface area contributed by atoms with Gasteiger partial charge in [-0.15, -0.1) is 11.3 Å². The van der Waals surface area contributed by atoms with Gasteiger partial charge in [-0.05, 0) is 52.8 Å². The molecule has 0 N–H and O–H groups in total. The highest BCUT2D eigenvalue weighted by Gasteiger charge is 2.23. The number of carbonyl (C=O) groups excluding carboxylic acids is 2. The third-order valence-corrected chi connectivity index (χ3v) is 7.38. The number of aromatic nitrogens is 1. The molecule has 0 aliphatic heterocycles. The number of hydrogen-bond acceptors (Lipinski definition) is 4. The van der Waals surface area contributed by atoms with Gasteiger partial charge in [-0.3, -0.25) is 9.59 Å². The Morgan fingerprint density at radius 2 is 1.67 bits per heavy atom. The van der Waals surface area contributed by atoms with Crippen molar-refractivity contribution in [2.45, 2.75) is 39.9 Å². The van der Waals surface area contributed by atoms with Gasteiger partial charge in [0.05, 0.1) is 26.6 Å². The van der Waals surface area contributed by atoms with Crippen LogP contribution < -0.4 is 4.74 Å². The van der Waals surface area contributed by atoms with Crippen LogP contribution in [-0.2, 0) is 35.6 Å². The fourth-order valence-corrected chi connectivity index (χ4v) is 5.27. The highest BCUT2D eigenvalue weighted by Crippen LogP contribution is 2.18. The first-order chi connectivity index (χ1) is 18.9. The molecule has 0 spiro atoms. The molecule has 0 aliphatic carbocycles. The summed E-state index contributed by atoms with van der Waals surface area (Å²) in [4.78, 5) is 31.7. The molecular weight excluding hydrogens is 506 g/mol. The van der Waals surface area contributed by atoms with Crippen LogP contribution in [0.25, 0.3) is 0 Å². The summed E-state index contributed by atoms with van der Waals surface area (Å²) in [6.07, 6.45) is 2.36. The van der Waals surface area contributed by atoms with Gasteiger partial charge in [0.15, 0.2) is 0 Å². The Morgan fingerprint density at radius 3 is 2.38 bits per heavy atom. The monoisotopic (exact) mass is 543 g/mol. The summed E-state index contributed by atoms with van der Waals surface area (Å²) >= 11 is 1.57. The van der Waals surface area contributed by atoms with Gasteiger partial charge in [0, 0.05) is 36.4 Å². The predicted molar refractivity (Wildman–Crippen MR) is 157 cm³/mol. The van der Waals surface area contributed by atoms with Gasteiger partial charge >= 0.3 is 0 Å². The van der Waals surface area contributed by atoms with Crippen LogP contribution in [0.15, 0.2) is 90.4 Å². The summed E-state index contributed by atoms with van der Waals surface area (Å²) in [6, 6.07) is 26.0. The lowest BCUT2D eigenvalue weighted by Crippen LogP contribution is -2.44. The molecule has 0 unspecified atom stereocenters. The smallest absolute Gasteiger partial charge is 0.242 e. The van der Waals surface area contributed by atoms with E-state index in [-0.39, 0.29) is 24.3 Å². The van der Waals surface area contributed by atoms with Gasteiger partial charge in [-0.25, -0.2) is 0 Å². The molecule has 0 fully saturated rings. The first-order valence-electron chi connectivity index (χ1n) is 13.3. The summed E-state index contributed by atoms with van der Waals surface area (Å²) < 4.78 is 7.55. The first kappa shape index (κ1) is 28.2. The van der Waals surface area contributed by atoms with Crippen LogP contribution in [0, 0.1) is 5.92 Å². The Labute approximate surface area is 235 Å². The maximum Gasteiger partial charge on any atom is 0.242 e. The minimum Gasteiger partial charge on any atom is -0.497 e. The maximum atomic E-state index is 13.8. The number of nitrogens with zero attached hydrogens (tertiary/aromatic N) is 3. The molecule has 2 heterocycles. The molecule has 0 aliphatic rings. The Balaban J connectivity index is 1.54. The number of methoxy groups -OCH3 is 1. The molecule has 4 aromatic rings. The van der Waals surface area contributed by atoms with Crippen molar-refractivity contribution in [2.75, 3.05) is 20.2 Å². The second kappa shape index (κ2) is 13.8. The highest BCUT2D eigenvalue weighted by molar-refractivity contribution is 7.10. The normalized spacial score (nSPS) is 11.0. The molecule has 4 rings (SSSR count). The van der Waals surface area contributed by atoms with Crippen molar-refractivity contribution in [2.24, 2.45) is 5.92 Å². The minimum absolute atomic E-state index is 0.0134. The highest BCUT2D eigenvalue weighted by atomic mass is 32.1. The van der Waals surface area contributed by atoms with Gasteiger partial charge in [-0.1, -0.05) is 62.4 Å². The van der Waals surface area contributed by atoms with Crippen LogP contribution in [0.4, 0.5) is 0 Å². The largest absolute Gasteiger partial charge is 0.497 e. The van der Waals surface area contributed by atoms with Crippen molar-refractivity contribution in [3.05, 3.63) is 112 Å². The summed E-state index contributed by atoms with van der Waals surface area (Å²) in [7, 11) is 1.67. The molecule has 0 bridgehead atoms. The van der Waals surface area contributed by atoms with E-state index < -0.39 is 0 Å². The lowest BCUT2D eigenvalue weighted by Gasteiger charge is -2.29. The predicted octanol–water partition coefficient (Wildman–Crippen LogP) is 5.86. The van der Waals surface area contributed by atoms with Crippen LogP contribution in [0.3, 0.4) is 0 Å². The third-order valence-electron chi connectivity index (χ3n) is 6.50. The molecule has 6 nitrogen and oxygen atoms in total. The van der Waals surface area contributed by atoms with E-state index in [2.05, 4.69) is 30.5 Å². The molecule has 0 saturated heterocycles. The lowest BCUT2D eigenvalue weighted by atomic mass is 10.1. The van der Waals surface area contributed by atoms with E-state index in [1.54, 1.807) is 23.3 Å². The van der Waals surface area contributed by atoms with E-state index in [4.69, 9.17) is 4.74 Å². The molecular formula is C32H37N3O3S. The number of benzene rings is 2. The number of hydrogen-bond donors (Lipinski definition) is 0. The number of carbonyl (C=O) groups is 2. The SMILES string of the molecule is COc1cccc(Cn2cccc2CN(Cc2ccccc2)C(=O)CN(CC(C)C)C(=O)Cc2cccs2)c1. The van der Waals surface area contributed by atoms with E-state index >= 15 is 0 Å². The Hall–Kier alpha value is -3.84. The topological polar surface area (TPSA) is 54.8 Å². The number of rotatable bonds is 13. The van der Waals surface area contributed by atoms with E-state index in [0.29, 0.717) is 32.6 Å². The van der Waals surface area contributed by atoms with E-state index in [1.165, 1.54) is 0 Å². The van der Waals surface area contributed by atoms with Gasteiger partial charge in [0.2, 0.25) is 11.8 Å². The second-order valence-electron chi connectivity index (χ2n) is 10.1. The lowest BCUT2D eigenvalue weighted by molar-refractivity contribution is -0.141. The van der Waals surface area contributed by atoms with Crippen molar-refractivity contribution >= 4 is 23.2 Å². The van der Waals surface area contributed by atoms with Gasteiger partial charge in [-0.2, -0.15) is 0 Å². The summed E-state index contributed by atoms with van der Waals surface area (Å²) in [5, 5.41) is 1.97. The third kappa shape index (κ3) is 8.32. The average Bonchev–Trinajstić information content (AvgIpc) is 3.60. The van der Waals surface area contributed by atoms with Crippen LogP contribution in [-0.4, -0.2) is 46.4 Å². The molecule has 7 heteroatoms. The Kier molecular flexibility index (Phi) is 9.97. The number of ether oxygens (including phenoxy) is 1. The minimum atomic E-state index is -0.0619. The molecule has 0 saturated carbocycles. The molecule has 0 atom stereocenters. The second-order valence-corrected chi connectivity index (χ2v) is 11.2. The molecule has 204 valence electrons. The number of amides is 2. The van der Waals surface area contributed by atoms with Crippen LogP contribution in [0.5, 0.6) is 5.75 Å². The van der Waals surface area contributed by atoms with Crippen LogP contribution in [0.1, 0.15) is 35.5 Å². The summed E-state index contributed by atoms with van der Waals surface area (Å²) in [5.74, 6) is 1.00. The van der Waals surface area contributed by atoms with Gasteiger partial charge < -0.3 is 19.1 Å².